The molecule has 0 atom stereocenters. The summed E-state index contributed by atoms with van der Waals surface area (Å²) in [6.45, 7) is 3.96. The van der Waals surface area contributed by atoms with Crippen molar-refractivity contribution in [3.8, 4) is 0 Å². The zero-order chi connectivity index (χ0) is 18.2. The molecule has 25 heavy (non-hydrogen) atoms. The number of esters is 1. The number of amides is 1. The van der Waals surface area contributed by atoms with Gasteiger partial charge < -0.3 is 10.1 Å². The van der Waals surface area contributed by atoms with Crippen molar-refractivity contribution >= 4 is 45.3 Å². The fourth-order valence-corrected chi connectivity index (χ4v) is 3.64. The molecule has 0 saturated carbocycles. The van der Waals surface area contributed by atoms with Crippen molar-refractivity contribution in [2.24, 2.45) is 0 Å². The van der Waals surface area contributed by atoms with Gasteiger partial charge in [-0.1, -0.05) is 34.1 Å². The van der Waals surface area contributed by atoms with E-state index in [1.54, 1.807) is 36.9 Å². The molecule has 2 aromatic rings. The quantitative estimate of drug-likeness (QED) is 0.651. The molecule has 1 N–H and O–H groups in total. The van der Waals surface area contributed by atoms with Gasteiger partial charge in [0.15, 0.2) is 0 Å². The number of thioether (sulfide) groups is 1. The smallest absolute Gasteiger partial charge is 0.338 e. The first-order valence-corrected chi connectivity index (χ1v) is 9.84. The highest BCUT2D eigenvalue weighted by atomic mass is 79.9. The average molecular weight is 422 g/mol. The molecule has 6 heteroatoms. The third kappa shape index (κ3) is 5.90. The minimum absolute atomic E-state index is 0.0657. The summed E-state index contributed by atoms with van der Waals surface area (Å²) in [6.07, 6.45) is 0. The molecule has 0 bridgehead atoms. The summed E-state index contributed by atoms with van der Waals surface area (Å²) in [7, 11) is 0. The Morgan fingerprint density at radius 3 is 2.64 bits per heavy atom. The Kier molecular flexibility index (Phi) is 7.52. The van der Waals surface area contributed by atoms with E-state index in [1.165, 1.54) is 0 Å². The predicted octanol–water partition coefficient (Wildman–Crippen LogP) is 4.81. The van der Waals surface area contributed by atoms with Crippen LogP contribution in [0.3, 0.4) is 0 Å². The monoisotopic (exact) mass is 421 g/mol. The molecule has 0 unspecified atom stereocenters. The standard InChI is InChI=1S/C19H20BrNO3S/c1-3-24-19(23)14-8-9-17(13(2)10-14)21-18(22)12-25-11-15-6-4-5-7-16(15)20/h4-10H,3,11-12H2,1-2H3,(H,21,22). The van der Waals surface area contributed by atoms with Crippen molar-refractivity contribution in [2.75, 3.05) is 17.7 Å². The van der Waals surface area contributed by atoms with Gasteiger partial charge in [0, 0.05) is 15.9 Å². The first kappa shape index (κ1) is 19.5. The average Bonchev–Trinajstić information content (AvgIpc) is 2.58. The Balaban J connectivity index is 1.88. The fourth-order valence-electron chi connectivity index (χ4n) is 2.20. The van der Waals surface area contributed by atoms with Crippen LogP contribution in [0.1, 0.15) is 28.4 Å². The summed E-state index contributed by atoms with van der Waals surface area (Å²) in [5.74, 6) is 0.701. The van der Waals surface area contributed by atoms with Gasteiger partial charge in [-0.05, 0) is 49.2 Å². The van der Waals surface area contributed by atoms with E-state index in [-0.39, 0.29) is 11.9 Å². The van der Waals surface area contributed by atoms with Gasteiger partial charge in [0.05, 0.1) is 17.9 Å². The molecular weight excluding hydrogens is 402 g/mol. The molecule has 0 aromatic heterocycles. The predicted molar refractivity (Wildman–Crippen MR) is 106 cm³/mol. The lowest BCUT2D eigenvalue weighted by molar-refractivity contribution is -0.113. The molecule has 2 aromatic carbocycles. The van der Waals surface area contributed by atoms with Crippen LogP contribution in [-0.4, -0.2) is 24.2 Å². The summed E-state index contributed by atoms with van der Waals surface area (Å²) in [6, 6.07) is 13.1. The molecule has 132 valence electrons. The number of halogens is 1. The highest BCUT2D eigenvalue weighted by Gasteiger charge is 2.10. The molecule has 0 saturated heterocycles. The zero-order valence-electron chi connectivity index (χ0n) is 14.2. The molecule has 4 nitrogen and oxygen atoms in total. The Labute approximate surface area is 160 Å². The summed E-state index contributed by atoms with van der Waals surface area (Å²) < 4.78 is 6.02. The van der Waals surface area contributed by atoms with Crippen molar-refractivity contribution in [1.29, 1.82) is 0 Å². The number of nitrogens with one attached hydrogen (secondary N) is 1. The van der Waals surface area contributed by atoms with Gasteiger partial charge in [-0.3, -0.25) is 4.79 Å². The van der Waals surface area contributed by atoms with E-state index in [9.17, 15) is 9.59 Å². The van der Waals surface area contributed by atoms with Gasteiger partial charge >= 0.3 is 5.97 Å². The second kappa shape index (κ2) is 9.63. The van der Waals surface area contributed by atoms with Crippen LogP contribution in [0.4, 0.5) is 5.69 Å². The number of anilines is 1. The van der Waals surface area contributed by atoms with Crippen LogP contribution in [0.2, 0.25) is 0 Å². The third-order valence-corrected chi connectivity index (χ3v) is 5.22. The second-order valence-electron chi connectivity index (χ2n) is 5.38. The van der Waals surface area contributed by atoms with Gasteiger partial charge in [-0.2, -0.15) is 0 Å². The maximum absolute atomic E-state index is 12.1. The normalized spacial score (nSPS) is 10.4. The molecule has 0 aliphatic heterocycles. The van der Waals surface area contributed by atoms with Gasteiger partial charge in [-0.15, -0.1) is 11.8 Å². The number of hydrogen-bond donors (Lipinski definition) is 1. The van der Waals surface area contributed by atoms with Gasteiger partial charge in [0.2, 0.25) is 5.91 Å². The Morgan fingerprint density at radius 2 is 1.96 bits per heavy atom. The number of ether oxygens (including phenoxy) is 1. The Hall–Kier alpha value is -1.79. The highest BCUT2D eigenvalue weighted by Crippen LogP contribution is 2.22. The molecule has 0 radical (unpaired) electrons. The SMILES string of the molecule is CCOC(=O)c1ccc(NC(=O)CSCc2ccccc2Br)c(C)c1. The second-order valence-corrected chi connectivity index (χ2v) is 7.22. The molecule has 0 aliphatic carbocycles. The summed E-state index contributed by atoms with van der Waals surface area (Å²) in [5.41, 5.74) is 3.19. The van der Waals surface area contributed by atoms with Crippen molar-refractivity contribution in [3.05, 3.63) is 63.6 Å². The highest BCUT2D eigenvalue weighted by molar-refractivity contribution is 9.10. The van der Waals surface area contributed by atoms with E-state index in [4.69, 9.17) is 4.74 Å². The number of aryl methyl sites for hydroxylation is 1. The van der Waals surface area contributed by atoms with E-state index in [2.05, 4.69) is 21.2 Å². The molecule has 0 spiro atoms. The van der Waals surface area contributed by atoms with Crippen LogP contribution >= 0.6 is 27.7 Å². The molecule has 0 fully saturated rings. The topological polar surface area (TPSA) is 55.4 Å². The molecule has 2 rings (SSSR count). The van der Waals surface area contributed by atoms with Crippen LogP contribution in [0, 0.1) is 6.92 Å². The van der Waals surface area contributed by atoms with E-state index >= 15 is 0 Å². The van der Waals surface area contributed by atoms with Crippen molar-refractivity contribution < 1.29 is 14.3 Å². The third-order valence-electron chi connectivity index (χ3n) is 3.46. The van der Waals surface area contributed by atoms with Crippen molar-refractivity contribution in [1.82, 2.24) is 0 Å². The van der Waals surface area contributed by atoms with Gasteiger partial charge in [0.1, 0.15) is 0 Å². The lowest BCUT2D eigenvalue weighted by Crippen LogP contribution is -2.15. The summed E-state index contributed by atoms with van der Waals surface area (Å²) in [5, 5.41) is 2.89. The number of hydrogen-bond acceptors (Lipinski definition) is 4. The first-order chi connectivity index (χ1) is 12.0. The summed E-state index contributed by atoms with van der Waals surface area (Å²) in [4.78, 5) is 23.8. The molecular formula is C19H20BrNO3S. The maximum atomic E-state index is 12.1. The maximum Gasteiger partial charge on any atom is 0.338 e. The Morgan fingerprint density at radius 1 is 1.20 bits per heavy atom. The number of carbonyl (C=O) groups excluding carboxylic acids is 2. The molecule has 0 aliphatic rings. The van der Waals surface area contributed by atoms with Crippen molar-refractivity contribution in [2.45, 2.75) is 19.6 Å². The van der Waals surface area contributed by atoms with Crippen LogP contribution < -0.4 is 5.32 Å². The van der Waals surface area contributed by atoms with Crippen LogP contribution in [0.5, 0.6) is 0 Å². The molecule has 0 heterocycles. The minimum Gasteiger partial charge on any atom is -0.462 e. The van der Waals surface area contributed by atoms with E-state index in [0.29, 0.717) is 23.6 Å². The van der Waals surface area contributed by atoms with E-state index in [0.717, 1.165) is 21.4 Å². The number of carbonyl (C=O) groups is 2. The van der Waals surface area contributed by atoms with E-state index < -0.39 is 0 Å². The largest absolute Gasteiger partial charge is 0.462 e. The van der Waals surface area contributed by atoms with Crippen molar-refractivity contribution in [3.63, 3.8) is 0 Å². The lowest BCUT2D eigenvalue weighted by atomic mass is 10.1. The van der Waals surface area contributed by atoms with E-state index in [1.807, 2.05) is 31.2 Å². The Bertz CT molecular complexity index is 764. The lowest BCUT2D eigenvalue weighted by Gasteiger charge is -2.10. The summed E-state index contributed by atoms with van der Waals surface area (Å²) >= 11 is 5.06. The van der Waals surface area contributed by atoms with Crippen LogP contribution in [0.25, 0.3) is 0 Å². The fraction of sp³-hybridized carbons (Fsp3) is 0.263. The zero-order valence-corrected chi connectivity index (χ0v) is 16.6. The number of benzene rings is 2. The number of rotatable bonds is 7. The van der Waals surface area contributed by atoms with Crippen LogP contribution in [0.15, 0.2) is 46.9 Å². The van der Waals surface area contributed by atoms with Gasteiger partial charge in [-0.25, -0.2) is 4.79 Å². The van der Waals surface area contributed by atoms with Gasteiger partial charge in [0.25, 0.3) is 0 Å². The molecule has 1 amide bonds. The minimum atomic E-state index is -0.354. The van der Waals surface area contributed by atoms with Crippen LogP contribution in [-0.2, 0) is 15.3 Å². The first-order valence-electron chi connectivity index (χ1n) is 7.90.